The number of piperidine rings is 1. The molecule has 1 saturated heterocycles. The van der Waals surface area contributed by atoms with Gasteiger partial charge in [-0.05, 0) is 42.8 Å². The first-order chi connectivity index (χ1) is 13.2. The quantitative estimate of drug-likeness (QED) is 0.733. The van der Waals surface area contributed by atoms with Crippen molar-refractivity contribution in [2.75, 3.05) is 23.3 Å². The van der Waals surface area contributed by atoms with Gasteiger partial charge in [0.05, 0.1) is 23.6 Å². The summed E-state index contributed by atoms with van der Waals surface area (Å²) in [7, 11) is 0. The Balaban J connectivity index is 1.34. The summed E-state index contributed by atoms with van der Waals surface area (Å²) in [5.74, 6) is 0.800. The molecular formula is C19H21N5O2S. The van der Waals surface area contributed by atoms with Gasteiger partial charge in [-0.1, -0.05) is 0 Å². The molecule has 1 aliphatic heterocycles. The molecule has 8 heteroatoms. The van der Waals surface area contributed by atoms with Crippen LogP contribution < -0.4 is 15.8 Å². The van der Waals surface area contributed by atoms with Crippen molar-refractivity contribution in [2.24, 2.45) is 0 Å². The summed E-state index contributed by atoms with van der Waals surface area (Å²) in [4.78, 5) is 36.3. The van der Waals surface area contributed by atoms with Gasteiger partial charge >= 0.3 is 0 Å². The molecule has 4 rings (SSSR count). The minimum absolute atomic E-state index is 0.110. The van der Waals surface area contributed by atoms with Gasteiger partial charge in [0.25, 0.3) is 5.56 Å². The van der Waals surface area contributed by atoms with E-state index in [0.717, 1.165) is 23.7 Å². The summed E-state index contributed by atoms with van der Waals surface area (Å²) in [5.41, 5.74) is 0.557. The maximum Gasteiger partial charge on any atom is 0.262 e. The van der Waals surface area contributed by atoms with E-state index in [1.165, 1.54) is 41.5 Å². The Kier molecular flexibility index (Phi) is 5.15. The minimum atomic E-state index is -0.153. The predicted octanol–water partition coefficient (Wildman–Crippen LogP) is 2.87. The number of carbonyl (C=O) groups is 1. The van der Waals surface area contributed by atoms with Crippen molar-refractivity contribution in [2.45, 2.75) is 32.2 Å². The van der Waals surface area contributed by atoms with E-state index in [1.54, 1.807) is 12.3 Å². The molecular weight excluding hydrogens is 362 g/mol. The number of aryl methyl sites for hydroxylation is 1. The number of aromatic nitrogens is 3. The van der Waals surface area contributed by atoms with Crippen LogP contribution >= 0.6 is 11.3 Å². The van der Waals surface area contributed by atoms with Crippen molar-refractivity contribution < 1.29 is 4.79 Å². The maximum absolute atomic E-state index is 12.3. The molecule has 1 amide bonds. The van der Waals surface area contributed by atoms with Gasteiger partial charge in [-0.25, -0.2) is 9.97 Å². The standard InChI is InChI=1S/C19H21N5O2S/c25-17(6-10-24-13-21-18-15(19(24)26)7-11-27-18)22-14-4-5-16(20-12-14)23-8-2-1-3-9-23/h4-5,7,11-13H,1-3,6,8-10H2,(H,22,25). The van der Waals surface area contributed by atoms with Crippen LogP contribution in [0.1, 0.15) is 25.7 Å². The molecule has 0 aromatic carbocycles. The van der Waals surface area contributed by atoms with Crippen molar-refractivity contribution in [1.82, 2.24) is 14.5 Å². The Bertz CT molecular complexity index is 989. The number of nitrogens with one attached hydrogen (secondary N) is 1. The lowest BCUT2D eigenvalue weighted by molar-refractivity contribution is -0.116. The number of carbonyl (C=O) groups excluding carboxylic acids is 1. The van der Waals surface area contributed by atoms with Crippen LogP contribution in [0.4, 0.5) is 11.5 Å². The topological polar surface area (TPSA) is 80.1 Å². The normalized spacial score (nSPS) is 14.4. The van der Waals surface area contributed by atoms with Gasteiger partial charge in [0.2, 0.25) is 5.91 Å². The van der Waals surface area contributed by atoms with Crippen molar-refractivity contribution in [3.05, 3.63) is 46.5 Å². The number of rotatable bonds is 5. The molecule has 140 valence electrons. The van der Waals surface area contributed by atoms with Crippen LogP contribution in [0, 0.1) is 0 Å². The third-order valence-electron chi connectivity index (χ3n) is 4.74. The molecule has 0 radical (unpaired) electrons. The SMILES string of the molecule is O=C(CCn1cnc2sccc2c1=O)Nc1ccc(N2CCCCC2)nc1. The molecule has 0 aliphatic carbocycles. The molecule has 0 atom stereocenters. The second kappa shape index (κ2) is 7.87. The minimum Gasteiger partial charge on any atom is -0.357 e. The number of nitrogens with zero attached hydrogens (tertiary/aromatic N) is 4. The molecule has 0 unspecified atom stereocenters. The maximum atomic E-state index is 12.3. The number of thiophene rings is 1. The van der Waals surface area contributed by atoms with Crippen molar-refractivity contribution >= 4 is 39.0 Å². The van der Waals surface area contributed by atoms with Gasteiger partial charge in [0.1, 0.15) is 10.6 Å². The number of hydrogen-bond donors (Lipinski definition) is 1. The van der Waals surface area contributed by atoms with Crippen molar-refractivity contribution in [3.8, 4) is 0 Å². The molecule has 3 aromatic heterocycles. The Morgan fingerprint density at radius 3 is 2.78 bits per heavy atom. The van der Waals surface area contributed by atoms with E-state index >= 15 is 0 Å². The molecule has 0 spiro atoms. The van der Waals surface area contributed by atoms with Gasteiger partial charge < -0.3 is 10.2 Å². The van der Waals surface area contributed by atoms with Crippen molar-refractivity contribution in [1.29, 1.82) is 0 Å². The largest absolute Gasteiger partial charge is 0.357 e. The highest BCUT2D eigenvalue weighted by atomic mass is 32.1. The zero-order valence-corrected chi connectivity index (χ0v) is 15.7. The van der Waals surface area contributed by atoms with E-state index in [1.807, 2.05) is 17.5 Å². The first-order valence-corrected chi connectivity index (χ1v) is 10.0. The van der Waals surface area contributed by atoms with E-state index in [9.17, 15) is 9.59 Å². The lowest BCUT2D eigenvalue weighted by Gasteiger charge is -2.27. The molecule has 7 nitrogen and oxygen atoms in total. The monoisotopic (exact) mass is 383 g/mol. The molecule has 27 heavy (non-hydrogen) atoms. The van der Waals surface area contributed by atoms with E-state index in [2.05, 4.69) is 20.2 Å². The smallest absolute Gasteiger partial charge is 0.262 e. The summed E-state index contributed by atoms with van der Waals surface area (Å²) in [6.45, 7) is 2.37. The number of anilines is 2. The van der Waals surface area contributed by atoms with E-state index < -0.39 is 0 Å². The van der Waals surface area contributed by atoms with Crippen LogP contribution in [0.3, 0.4) is 0 Å². The molecule has 1 fully saturated rings. The van der Waals surface area contributed by atoms with Gasteiger partial charge in [0, 0.05) is 26.1 Å². The van der Waals surface area contributed by atoms with Gasteiger partial charge in [0.15, 0.2) is 0 Å². The molecule has 4 heterocycles. The van der Waals surface area contributed by atoms with Gasteiger partial charge in [-0.2, -0.15) is 0 Å². The fourth-order valence-corrected chi connectivity index (χ4v) is 3.99. The molecule has 0 bridgehead atoms. The summed E-state index contributed by atoms with van der Waals surface area (Å²) >= 11 is 1.43. The van der Waals surface area contributed by atoms with Crippen LogP contribution in [-0.4, -0.2) is 33.5 Å². The number of pyridine rings is 1. The Morgan fingerprint density at radius 1 is 1.15 bits per heavy atom. The Morgan fingerprint density at radius 2 is 2.00 bits per heavy atom. The zero-order chi connectivity index (χ0) is 18.6. The highest BCUT2D eigenvalue weighted by molar-refractivity contribution is 7.16. The summed E-state index contributed by atoms with van der Waals surface area (Å²) in [6, 6.07) is 5.58. The third kappa shape index (κ3) is 4.00. The zero-order valence-electron chi connectivity index (χ0n) is 14.9. The summed E-state index contributed by atoms with van der Waals surface area (Å²) in [6.07, 6.45) is 7.07. The van der Waals surface area contributed by atoms with Gasteiger partial charge in [-0.15, -0.1) is 11.3 Å². The first kappa shape index (κ1) is 17.7. The van der Waals surface area contributed by atoms with Crippen LogP contribution in [0.2, 0.25) is 0 Å². The second-order valence-electron chi connectivity index (χ2n) is 6.63. The molecule has 3 aromatic rings. The lowest BCUT2D eigenvalue weighted by Crippen LogP contribution is -2.30. The van der Waals surface area contributed by atoms with Crippen LogP contribution in [0.25, 0.3) is 10.2 Å². The highest BCUT2D eigenvalue weighted by Crippen LogP contribution is 2.19. The Labute approximate surface area is 160 Å². The first-order valence-electron chi connectivity index (χ1n) is 9.14. The van der Waals surface area contributed by atoms with E-state index in [4.69, 9.17) is 0 Å². The number of fused-ring (bicyclic) bond motifs is 1. The third-order valence-corrected chi connectivity index (χ3v) is 5.56. The molecule has 1 aliphatic rings. The van der Waals surface area contributed by atoms with E-state index in [-0.39, 0.29) is 17.9 Å². The van der Waals surface area contributed by atoms with Gasteiger partial charge in [-0.3, -0.25) is 14.2 Å². The average molecular weight is 383 g/mol. The van der Waals surface area contributed by atoms with E-state index in [0.29, 0.717) is 17.6 Å². The number of amides is 1. The summed E-state index contributed by atoms with van der Waals surface area (Å²) < 4.78 is 1.48. The van der Waals surface area contributed by atoms with Crippen LogP contribution in [0.5, 0.6) is 0 Å². The fourth-order valence-electron chi connectivity index (χ4n) is 3.27. The highest BCUT2D eigenvalue weighted by Gasteiger charge is 2.12. The number of hydrogen-bond acceptors (Lipinski definition) is 6. The second-order valence-corrected chi connectivity index (χ2v) is 7.53. The molecule has 0 saturated carbocycles. The van der Waals surface area contributed by atoms with Crippen LogP contribution in [0.15, 0.2) is 40.9 Å². The Hall–Kier alpha value is -2.74. The van der Waals surface area contributed by atoms with Crippen LogP contribution in [-0.2, 0) is 11.3 Å². The fraction of sp³-hybridized carbons (Fsp3) is 0.368. The lowest BCUT2D eigenvalue weighted by atomic mass is 10.1. The molecule has 1 N–H and O–H groups in total. The predicted molar refractivity (Wildman–Crippen MR) is 107 cm³/mol. The average Bonchev–Trinajstić information content (AvgIpc) is 3.18. The summed E-state index contributed by atoms with van der Waals surface area (Å²) in [5, 5.41) is 5.28. The van der Waals surface area contributed by atoms with Crippen molar-refractivity contribution in [3.63, 3.8) is 0 Å².